The fourth-order valence-corrected chi connectivity index (χ4v) is 3.16. The van der Waals surface area contributed by atoms with Gasteiger partial charge in [-0.2, -0.15) is 0 Å². The van der Waals surface area contributed by atoms with Gasteiger partial charge in [-0.05, 0) is 35.9 Å². The Morgan fingerprint density at radius 2 is 2.00 bits per heavy atom. The first-order valence-electron chi connectivity index (χ1n) is 8.66. The average molecular weight is 385 g/mol. The Labute approximate surface area is 159 Å². The highest BCUT2D eigenvalue weighted by Gasteiger charge is 2.33. The number of rotatable bonds is 5. The number of amides is 1. The van der Waals surface area contributed by atoms with Crippen LogP contribution in [0.25, 0.3) is 11.1 Å². The van der Waals surface area contributed by atoms with Crippen molar-refractivity contribution in [1.29, 1.82) is 0 Å². The van der Waals surface area contributed by atoms with Gasteiger partial charge in [-0.25, -0.2) is 18.3 Å². The van der Waals surface area contributed by atoms with Gasteiger partial charge in [0.25, 0.3) is 0 Å². The normalized spacial score (nSPS) is 16.5. The Morgan fingerprint density at radius 1 is 1.14 bits per heavy atom. The number of benzene rings is 2. The summed E-state index contributed by atoms with van der Waals surface area (Å²) in [5.74, 6) is -1.18. The van der Waals surface area contributed by atoms with Crippen LogP contribution in [-0.4, -0.2) is 33.7 Å². The smallest absolute Gasteiger partial charge is 0.414 e. The molecule has 1 aliphatic rings. The van der Waals surface area contributed by atoms with E-state index in [2.05, 4.69) is 10.3 Å². The monoisotopic (exact) mass is 385 g/mol. The molecular weight excluding hydrogens is 368 g/mol. The predicted octanol–water partition coefficient (Wildman–Crippen LogP) is 2.71. The van der Waals surface area contributed by atoms with E-state index in [4.69, 9.17) is 10.5 Å². The second-order valence-electron chi connectivity index (χ2n) is 6.42. The fourth-order valence-electron chi connectivity index (χ4n) is 3.16. The number of carbonyl (C=O) groups excluding carboxylic acids is 1. The van der Waals surface area contributed by atoms with Crippen LogP contribution in [0.5, 0.6) is 0 Å². The first-order valence-corrected chi connectivity index (χ1v) is 8.66. The Morgan fingerprint density at radius 3 is 2.71 bits per heavy atom. The summed E-state index contributed by atoms with van der Waals surface area (Å²) in [6, 6.07) is 8.54. The zero-order chi connectivity index (χ0) is 19.7. The fraction of sp³-hybridized carbons (Fsp3) is 0.211. The third-order valence-corrected chi connectivity index (χ3v) is 4.56. The topological polar surface area (TPSA) is 86.3 Å². The molecule has 0 bridgehead atoms. The number of cyclic esters (lactones) is 1. The molecule has 3 aromatic rings. The molecule has 28 heavy (non-hydrogen) atoms. The van der Waals surface area contributed by atoms with Crippen LogP contribution in [-0.2, 0) is 17.8 Å². The highest BCUT2D eigenvalue weighted by Crippen LogP contribution is 2.31. The lowest BCUT2D eigenvalue weighted by Crippen LogP contribution is -2.26. The van der Waals surface area contributed by atoms with Gasteiger partial charge in [0.15, 0.2) is 0 Å². The lowest BCUT2D eigenvalue weighted by molar-refractivity contribution is 0.129. The van der Waals surface area contributed by atoms with Crippen molar-refractivity contribution >= 4 is 11.8 Å². The molecule has 2 aromatic carbocycles. The SMILES string of the molecule is NCc1ccc(F)c(-c2ccc(N3C[C@H](Cn4ccnn4)OC3=O)cc2F)c1. The maximum Gasteiger partial charge on any atom is 0.414 e. The van der Waals surface area contributed by atoms with Crippen molar-refractivity contribution in [2.45, 2.75) is 19.2 Å². The van der Waals surface area contributed by atoms with Crippen molar-refractivity contribution < 1.29 is 18.3 Å². The van der Waals surface area contributed by atoms with E-state index in [-0.39, 0.29) is 24.2 Å². The van der Waals surface area contributed by atoms with Crippen LogP contribution in [0.2, 0.25) is 0 Å². The number of anilines is 1. The lowest BCUT2D eigenvalue weighted by atomic mass is 10.0. The first-order chi connectivity index (χ1) is 13.5. The largest absolute Gasteiger partial charge is 0.442 e. The number of aromatic nitrogens is 3. The second-order valence-corrected chi connectivity index (χ2v) is 6.42. The predicted molar refractivity (Wildman–Crippen MR) is 97.3 cm³/mol. The molecule has 1 aromatic heterocycles. The maximum atomic E-state index is 14.7. The first kappa shape index (κ1) is 18.1. The molecule has 1 saturated heterocycles. The Kier molecular flexibility index (Phi) is 4.74. The second kappa shape index (κ2) is 7.35. The summed E-state index contributed by atoms with van der Waals surface area (Å²) < 4.78 is 35.8. The molecule has 144 valence electrons. The van der Waals surface area contributed by atoms with Crippen LogP contribution < -0.4 is 10.6 Å². The minimum absolute atomic E-state index is 0.100. The number of carbonyl (C=O) groups is 1. The van der Waals surface area contributed by atoms with Crippen LogP contribution in [0.1, 0.15) is 5.56 Å². The molecular formula is C19H17F2N5O2. The minimum atomic E-state index is -0.641. The highest BCUT2D eigenvalue weighted by molar-refractivity contribution is 5.90. The zero-order valence-corrected chi connectivity index (χ0v) is 14.8. The van der Waals surface area contributed by atoms with Gasteiger partial charge < -0.3 is 10.5 Å². The van der Waals surface area contributed by atoms with E-state index in [0.717, 1.165) is 0 Å². The van der Waals surface area contributed by atoms with Crippen LogP contribution in [0.4, 0.5) is 19.3 Å². The van der Waals surface area contributed by atoms with Crippen LogP contribution in [0.15, 0.2) is 48.8 Å². The third-order valence-electron chi connectivity index (χ3n) is 4.56. The summed E-state index contributed by atoms with van der Waals surface area (Å²) in [4.78, 5) is 13.5. The molecule has 1 amide bonds. The van der Waals surface area contributed by atoms with Crippen molar-refractivity contribution in [1.82, 2.24) is 15.0 Å². The van der Waals surface area contributed by atoms with Gasteiger partial charge in [0.1, 0.15) is 17.7 Å². The lowest BCUT2D eigenvalue weighted by Gasteiger charge is -2.15. The molecule has 0 unspecified atom stereocenters. The standard InChI is InChI=1S/C19H17F2N5O2/c20-17-4-1-12(9-22)7-16(17)15-3-2-13(8-18(15)21)26-11-14(28-19(26)27)10-25-6-5-23-24-25/h1-8,14H,9-11,22H2/t14-/m0/s1. The van der Waals surface area contributed by atoms with Crippen LogP contribution in [0.3, 0.4) is 0 Å². The summed E-state index contributed by atoms with van der Waals surface area (Å²) >= 11 is 0. The van der Waals surface area contributed by atoms with Gasteiger partial charge >= 0.3 is 6.09 Å². The molecule has 0 saturated carbocycles. The third kappa shape index (κ3) is 3.44. The number of nitrogens with zero attached hydrogens (tertiary/aromatic N) is 4. The van der Waals surface area contributed by atoms with Gasteiger partial charge in [0, 0.05) is 23.9 Å². The maximum absolute atomic E-state index is 14.7. The molecule has 1 aliphatic heterocycles. The molecule has 1 fully saturated rings. The van der Waals surface area contributed by atoms with E-state index < -0.39 is 23.8 Å². The van der Waals surface area contributed by atoms with Crippen molar-refractivity contribution in [2.75, 3.05) is 11.4 Å². The number of ether oxygens (including phenoxy) is 1. The summed E-state index contributed by atoms with van der Waals surface area (Å²) in [5, 5.41) is 7.54. The van der Waals surface area contributed by atoms with Gasteiger partial charge in [0.05, 0.1) is 25.0 Å². The molecule has 0 aliphatic carbocycles. The highest BCUT2D eigenvalue weighted by atomic mass is 19.1. The van der Waals surface area contributed by atoms with E-state index in [1.54, 1.807) is 23.0 Å². The van der Waals surface area contributed by atoms with Crippen LogP contribution >= 0.6 is 0 Å². The molecule has 7 nitrogen and oxygen atoms in total. The van der Waals surface area contributed by atoms with E-state index in [0.29, 0.717) is 17.8 Å². The van der Waals surface area contributed by atoms with Gasteiger partial charge in [-0.3, -0.25) is 4.90 Å². The quantitative estimate of drug-likeness (QED) is 0.730. The summed E-state index contributed by atoms with van der Waals surface area (Å²) in [6.45, 7) is 0.814. The van der Waals surface area contributed by atoms with Crippen molar-refractivity contribution in [3.63, 3.8) is 0 Å². The Bertz CT molecular complexity index is 1010. The zero-order valence-electron chi connectivity index (χ0n) is 14.8. The number of halogens is 2. The van der Waals surface area contributed by atoms with E-state index in [1.165, 1.54) is 35.4 Å². The van der Waals surface area contributed by atoms with E-state index in [9.17, 15) is 13.6 Å². The Hall–Kier alpha value is -3.33. The molecule has 0 radical (unpaired) electrons. The molecule has 0 spiro atoms. The summed E-state index contributed by atoms with van der Waals surface area (Å²) in [6.07, 6.45) is 2.18. The van der Waals surface area contributed by atoms with Gasteiger partial charge in [-0.15, -0.1) is 5.10 Å². The molecule has 2 N–H and O–H groups in total. The van der Waals surface area contributed by atoms with Gasteiger partial charge in [-0.1, -0.05) is 11.3 Å². The number of hydrogen-bond acceptors (Lipinski definition) is 5. The summed E-state index contributed by atoms with van der Waals surface area (Å²) in [7, 11) is 0. The minimum Gasteiger partial charge on any atom is -0.442 e. The van der Waals surface area contributed by atoms with Crippen molar-refractivity contribution in [2.24, 2.45) is 5.73 Å². The molecule has 1 atom stereocenters. The molecule has 2 heterocycles. The van der Waals surface area contributed by atoms with Crippen molar-refractivity contribution in [3.05, 3.63) is 66.0 Å². The molecule has 9 heteroatoms. The summed E-state index contributed by atoms with van der Waals surface area (Å²) in [5.41, 5.74) is 6.84. The number of hydrogen-bond donors (Lipinski definition) is 1. The number of nitrogens with two attached hydrogens (primary N) is 1. The van der Waals surface area contributed by atoms with Gasteiger partial charge in [0.2, 0.25) is 0 Å². The van der Waals surface area contributed by atoms with E-state index in [1.807, 2.05) is 0 Å². The Balaban J connectivity index is 1.57. The average Bonchev–Trinajstić information content (AvgIpc) is 3.32. The van der Waals surface area contributed by atoms with Crippen LogP contribution in [0, 0.1) is 11.6 Å². The molecule has 4 rings (SSSR count). The van der Waals surface area contributed by atoms with Crippen molar-refractivity contribution in [3.8, 4) is 11.1 Å². The van der Waals surface area contributed by atoms with E-state index >= 15 is 0 Å².